The van der Waals surface area contributed by atoms with Crippen LogP contribution in [0.5, 0.6) is 0 Å². The van der Waals surface area contributed by atoms with Crippen molar-refractivity contribution in [3.63, 3.8) is 0 Å². The number of aromatic nitrogens is 2. The summed E-state index contributed by atoms with van der Waals surface area (Å²) in [6, 6.07) is 28.5. The second-order valence-electron chi connectivity index (χ2n) is 7.20. The van der Waals surface area contributed by atoms with E-state index in [0.717, 1.165) is 41.8 Å². The Kier molecular flexibility index (Phi) is 6.01. The standard InChI is InChI=1S/C25H25N3O/c29-25(18-20-10-3-1-4-11-20)26-17-9-16-24-27-22-14-7-8-15-23(22)28(24)19-21-12-5-2-6-13-21/h1-8,10-15H,9,16-19H2,(H,26,29). The molecular formula is C25H25N3O. The molecule has 0 saturated heterocycles. The molecule has 4 aromatic rings. The largest absolute Gasteiger partial charge is 0.356 e. The zero-order valence-electron chi connectivity index (χ0n) is 16.4. The maximum absolute atomic E-state index is 12.1. The predicted molar refractivity (Wildman–Crippen MR) is 117 cm³/mol. The molecule has 1 aromatic heterocycles. The fourth-order valence-electron chi connectivity index (χ4n) is 3.58. The summed E-state index contributed by atoms with van der Waals surface area (Å²) >= 11 is 0. The number of para-hydroxylation sites is 2. The summed E-state index contributed by atoms with van der Waals surface area (Å²) in [7, 11) is 0. The SMILES string of the molecule is O=C(Cc1ccccc1)NCCCc1nc2ccccc2n1Cc1ccccc1. The third kappa shape index (κ3) is 4.91. The van der Waals surface area contributed by atoms with Gasteiger partial charge < -0.3 is 9.88 Å². The van der Waals surface area contributed by atoms with E-state index in [2.05, 4.69) is 52.3 Å². The second kappa shape index (κ2) is 9.20. The van der Waals surface area contributed by atoms with E-state index in [1.54, 1.807) is 0 Å². The molecule has 0 aliphatic carbocycles. The van der Waals surface area contributed by atoms with E-state index in [4.69, 9.17) is 4.98 Å². The summed E-state index contributed by atoms with van der Waals surface area (Å²) in [5.74, 6) is 1.13. The van der Waals surface area contributed by atoms with Crippen LogP contribution in [0.2, 0.25) is 0 Å². The third-order valence-corrected chi connectivity index (χ3v) is 5.02. The molecule has 0 spiro atoms. The van der Waals surface area contributed by atoms with Gasteiger partial charge in [0.2, 0.25) is 5.91 Å². The van der Waals surface area contributed by atoms with Gasteiger partial charge in [0.15, 0.2) is 0 Å². The van der Waals surface area contributed by atoms with Crippen molar-refractivity contribution in [2.24, 2.45) is 0 Å². The monoisotopic (exact) mass is 383 g/mol. The highest BCUT2D eigenvalue weighted by Gasteiger charge is 2.11. The normalized spacial score (nSPS) is 10.9. The molecule has 4 nitrogen and oxygen atoms in total. The van der Waals surface area contributed by atoms with Crippen LogP contribution in [0.4, 0.5) is 0 Å². The Bertz CT molecular complexity index is 1070. The lowest BCUT2D eigenvalue weighted by atomic mass is 10.1. The molecule has 0 fully saturated rings. The number of nitrogens with zero attached hydrogens (tertiary/aromatic N) is 2. The Morgan fingerprint density at radius 2 is 1.48 bits per heavy atom. The average Bonchev–Trinajstić information content (AvgIpc) is 3.10. The van der Waals surface area contributed by atoms with E-state index >= 15 is 0 Å². The lowest BCUT2D eigenvalue weighted by molar-refractivity contribution is -0.120. The van der Waals surface area contributed by atoms with Gasteiger partial charge in [-0.25, -0.2) is 4.98 Å². The first kappa shape index (κ1) is 18.9. The number of hydrogen-bond acceptors (Lipinski definition) is 2. The Hall–Kier alpha value is -3.40. The van der Waals surface area contributed by atoms with Crippen LogP contribution < -0.4 is 5.32 Å². The molecule has 0 bridgehead atoms. The van der Waals surface area contributed by atoms with Gasteiger partial charge in [-0.3, -0.25) is 4.79 Å². The molecule has 3 aromatic carbocycles. The highest BCUT2D eigenvalue weighted by Crippen LogP contribution is 2.19. The summed E-state index contributed by atoms with van der Waals surface area (Å²) in [5, 5.41) is 3.03. The molecule has 0 saturated carbocycles. The van der Waals surface area contributed by atoms with Crippen LogP contribution in [0.3, 0.4) is 0 Å². The molecule has 4 heteroatoms. The van der Waals surface area contributed by atoms with Crippen molar-refractivity contribution in [3.05, 3.63) is 102 Å². The number of carbonyl (C=O) groups excluding carboxylic acids is 1. The minimum atomic E-state index is 0.0639. The number of aryl methyl sites for hydroxylation is 1. The molecule has 0 aliphatic heterocycles. The first-order valence-corrected chi connectivity index (χ1v) is 10.1. The van der Waals surface area contributed by atoms with E-state index in [1.807, 2.05) is 42.5 Å². The third-order valence-electron chi connectivity index (χ3n) is 5.02. The summed E-state index contributed by atoms with van der Waals surface area (Å²) in [5.41, 5.74) is 4.47. The molecule has 0 radical (unpaired) electrons. The van der Waals surface area contributed by atoms with Crippen LogP contribution >= 0.6 is 0 Å². The molecule has 0 aliphatic rings. The molecule has 0 unspecified atom stereocenters. The fraction of sp³-hybridized carbons (Fsp3) is 0.200. The number of hydrogen-bond donors (Lipinski definition) is 1. The molecule has 4 rings (SSSR count). The Balaban J connectivity index is 1.38. The number of benzene rings is 3. The number of fused-ring (bicyclic) bond motifs is 1. The summed E-state index contributed by atoms with van der Waals surface area (Å²) < 4.78 is 2.29. The lowest BCUT2D eigenvalue weighted by Gasteiger charge is -2.10. The summed E-state index contributed by atoms with van der Waals surface area (Å²) in [6.07, 6.45) is 2.11. The minimum Gasteiger partial charge on any atom is -0.356 e. The van der Waals surface area contributed by atoms with Crippen LogP contribution in [0.1, 0.15) is 23.4 Å². The van der Waals surface area contributed by atoms with Gasteiger partial charge in [0.1, 0.15) is 5.82 Å². The highest BCUT2D eigenvalue weighted by molar-refractivity contribution is 5.78. The summed E-state index contributed by atoms with van der Waals surface area (Å²) in [6.45, 7) is 1.46. The lowest BCUT2D eigenvalue weighted by Crippen LogP contribution is -2.26. The number of amides is 1. The highest BCUT2D eigenvalue weighted by atomic mass is 16.1. The molecule has 1 heterocycles. The van der Waals surface area contributed by atoms with Gasteiger partial charge in [-0.15, -0.1) is 0 Å². The molecular weight excluding hydrogens is 358 g/mol. The molecule has 29 heavy (non-hydrogen) atoms. The van der Waals surface area contributed by atoms with Gasteiger partial charge in [-0.2, -0.15) is 0 Å². The zero-order valence-corrected chi connectivity index (χ0v) is 16.4. The first-order valence-electron chi connectivity index (χ1n) is 10.1. The second-order valence-corrected chi connectivity index (χ2v) is 7.20. The van der Waals surface area contributed by atoms with E-state index in [1.165, 1.54) is 5.56 Å². The Morgan fingerprint density at radius 1 is 0.828 bits per heavy atom. The molecule has 146 valence electrons. The van der Waals surface area contributed by atoms with Crippen molar-refractivity contribution in [1.29, 1.82) is 0 Å². The number of rotatable bonds is 8. The maximum atomic E-state index is 12.1. The first-order chi connectivity index (χ1) is 14.3. The van der Waals surface area contributed by atoms with Crippen molar-refractivity contribution >= 4 is 16.9 Å². The predicted octanol–water partition coefficient (Wildman–Crippen LogP) is 4.38. The number of carbonyl (C=O) groups is 1. The smallest absolute Gasteiger partial charge is 0.224 e. The van der Waals surface area contributed by atoms with Crippen LogP contribution in [0, 0.1) is 0 Å². The van der Waals surface area contributed by atoms with E-state index in [9.17, 15) is 4.79 Å². The van der Waals surface area contributed by atoms with E-state index in [0.29, 0.717) is 13.0 Å². The van der Waals surface area contributed by atoms with Crippen molar-refractivity contribution in [2.75, 3.05) is 6.54 Å². The van der Waals surface area contributed by atoms with Gasteiger partial charge >= 0.3 is 0 Å². The van der Waals surface area contributed by atoms with Gasteiger partial charge in [-0.05, 0) is 29.7 Å². The van der Waals surface area contributed by atoms with Gasteiger partial charge in [0, 0.05) is 19.5 Å². The minimum absolute atomic E-state index is 0.0639. The van der Waals surface area contributed by atoms with Crippen LogP contribution in [-0.4, -0.2) is 22.0 Å². The van der Waals surface area contributed by atoms with Crippen molar-refractivity contribution in [3.8, 4) is 0 Å². The number of imidazole rings is 1. The van der Waals surface area contributed by atoms with Crippen LogP contribution in [0.25, 0.3) is 11.0 Å². The van der Waals surface area contributed by atoms with Gasteiger partial charge in [-0.1, -0.05) is 72.8 Å². The number of nitrogens with one attached hydrogen (secondary N) is 1. The van der Waals surface area contributed by atoms with Gasteiger partial charge in [0.05, 0.1) is 17.5 Å². The Labute approximate surface area is 171 Å². The molecule has 1 N–H and O–H groups in total. The Morgan fingerprint density at radius 3 is 2.24 bits per heavy atom. The van der Waals surface area contributed by atoms with Crippen LogP contribution in [0.15, 0.2) is 84.9 Å². The van der Waals surface area contributed by atoms with Crippen molar-refractivity contribution in [2.45, 2.75) is 25.8 Å². The van der Waals surface area contributed by atoms with Crippen molar-refractivity contribution < 1.29 is 4.79 Å². The molecule has 0 atom stereocenters. The molecule has 1 amide bonds. The zero-order chi connectivity index (χ0) is 19.9. The van der Waals surface area contributed by atoms with Crippen molar-refractivity contribution in [1.82, 2.24) is 14.9 Å². The van der Waals surface area contributed by atoms with Crippen LogP contribution in [-0.2, 0) is 24.2 Å². The summed E-state index contributed by atoms with van der Waals surface area (Å²) in [4.78, 5) is 17.0. The quantitative estimate of drug-likeness (QED) is 0.459. The maximum Gasteiger partial charge on any atom is 0.224 e. The van der Waals surface area contributed by atoms with E-state index in [-0.39, 0.29) is 5.91 Å². The van der Waals surface area contributed by atoms with E-state index < -0.39 is 0 Å². The topological polar surface area (TPSA) is 46.9 Å². The average molecular weight is 383 g/mol. The van der Waals surface area contributed by atoms with Gasteiger partial charge in [0.25, 0.3) is 0 Å². The fourth-order valence-corrected chi connectivity index (χ4v) is 3.58.